The third-order valence-electron chi connectivity index (χ3n) is 8.21. The molecule has 2 aliphatic carbocycles. The Bertz CT molecular complexity index is 1570. The van der Waals surface area contributed by atoms with Crippen LogP contribution in [0, 0.1) is 34.0 Å². The summed E-state index contributed by atoms with van der Waals surface area (Å²) in [6.45, 7) is 4.52. The molecule has 3 aliphatic rings. The van der Waals surface area contributed by atoms with Crippen LogP contribution >= 0.6 is 0 Å². The van der Waals surface area contributed by atoms with Crippen molar-refractivity contribution < 1.29 is 0 Å². The van der Waals surface area contributed by atoms with Crippen molar-refractivity contribution in [3.05, 3.63) is 118 Å². The molecule has 0 bridgehead atoms. The van der Waals surface area contributed by atoms with Crippen molar-refractivity contribution in [1.82, 2.24) is 0 Å². The van der Waals surface area contributed by atoms with Gasteiger partial charge in [-0.1, -0.05) is 86.7 Å². The molecule has 3 nitrogen and oxygen atoms in total. The monoisotopic (exact) mass is 491 g/mol. The first-order valence-corrected chi connectivity index (χ1v) is 13.2. The van der Waals surface area contributed by atoms with Crippen molar-refractivity contribution in [2.75, 3.05) is 4.90 Å². The molecule has 1 aliphatic heterocycles. The van der Waals surface area contributed by atoms with Crippen LogP contribution in [0.2, 0.25) is 0 Å². The molecular weight excluding hydrogens is 462 g/mol. The summed E-state index contributed by atoms with van der Waals surface area (Å²) >= 11 is 0. The molecule has 0 spiro atoms. The molecule has 0 radical (unpaired) electrons. The number of nitrogens with zero attached hydrogens (tertiary/aromatic N) is 3. The van der Waals surface area contributed by atoms with Gasteiger partial charge in [0, 0.05) is 5.69 Å². The van der Waals surface area contributed by atoms with Gasteiger partial charge in [-0.3, -0.25) is 0 Å². The largest absolute Gasteiger partial charge is 0.309 e. The van der Waals surface area contributed by atoms with Crippen LogP contribution in [0.25, 0.3) is 17.7 Å². The number of benzene rings is 3. The molecule has 0 amide bonds. The molecular formula is C35H29N3. The van der Waals surface area contributed by atoms with Gasteiger partial charge in [0.1, 0.15) is 17.7 Å². The van der Waals surface area contributed by atoms with Crippen LogP contribution in [0.5, 0.6) is 0 Å². The topological polar surface area (TPSA) is 50.8 Å². The predicted octanol–water partition coefficient (Wildman–Crippen LogP) is 9.13. The van der Waals surface area contributed by atoms with Crippen LogP contribution in [0.15, 0.2) is 102 Å². The third-order valence-corrected chi connectivity index (χ3v) is 8.21. The summed E-state index contributed by atoms with van der Waals surface area (Å²) in [6.07, 6.45) is 11.7. The standard InChI is InChI=1S/C35H29N3/c1-35(2)21-29(30(22-36)23-37)20-28-19-27(15-18-32(28)35)24-13-16-31(17-14-24)38-33-9-5-3-7-25(33)11-12-26-8-4-6-10-34(26)38/h3-14,16-17,19-20,32H,15,18,21H2,1-2H3. The van der Waals surface area contributed by atoms with E-state index in [1.807, 2.05) is 0 Å². The second-order valence-electron chi connectivity index (χ2n) is 11.0. The lowest BCUT2D eigenvalue weighted by molar-refractivity contribution is 0.227. The maximum atomic E-state index is 9.47. The summed E-state index contributed by atoms with van der Waals surface area (Å²) in [4.78, 5) is 2.34. The Morgan fingerprint density at radius 1 is 0.816 bits per heavy atom. The van der Waals surface area contributed by atoms with Crippen LogP contribution in [-0.2, 0) is 0 Å². The Hall–Kier alpha value is -4.60. The molecule has 1 atom stereocenters. The smallest absolute Gasteiger partial charge is 0.132 e. The van der Waals surface area contributed by atoms with E-state index in [2.05, 4.69) is 128 Å². The summed E-state index contributed by atoms with van der Waals surface area (Å²) in [5, 5.41) is 18.9. The molecule has 38 heavy (non-hydrogen) atoms. The maximum Gasteiger partial charge on any atom is 0.132 e. The van der Waals surface area contributed by atoms with Gasteiger partial charge in [-0.25, -0.2) is 0 Å². The Morgan fingerprint density at radius 3 is 2.03 bits per heavy atom. The molecule has 0 fully saturated rings. The van der Waals surface area contributed by atoms with Crippen molar-refractivity contribution in [2.24, 2.45) is 11.3 Å². The van der Waals surface area contributed by atoms with E-state index in [0.717, 1.165) is 30.5 Å². The first kappa shape index (κ1) is 23.8. The van der Waals surface area contributed by atoms with E-state index in [1.54, 1.807) is 0 Å². The second kappa shape index (κ2) is 9.37. The summed E-state index contributed by atoms with van der Waals surface area (Å²) < 4.78 is 0. The number of allylic oxidation sites excluding steroid dienone is 6. The van der Waals surface area contributed by atoms with E-state index in [1.165, 1.54) is 39.2 Å². The molecule has 6 rings (SSSR count). The number of para-hydroxylation sites is 2. The van der Waals surface area contributed by atoms with Gasteiger partial charge < -0.3 is 4.90 Å². The van der Waals surface area contributed by atoms with Crippen LogP contribution in [-0.4, -0.2) is 0 Å². The van der Waals surface area contributed by atoms with Gasteiger partial charge in [0.2, 0.25) is 0 Å². The highest BCUT2D eigenvalue weighted by molar-refractivity contribution is 5.93. The minimum atomic E-state index is 0.0197. The van der Waals surface area contributed by atoms with Crippen LogP contribution in [0.4, 0.5) is 17.1 Å². The Kier molecular flexibility index (Phi) is 5.86. The minimum Gasteiger partial charge on any atom is -0.309 e. The summed E-state index contributed by atoms with van der Waals surface area (Å²) in [5.41, 5.74) is 10.7. The number of nitriles is 2. The molecule has 0 aromatic heterocycles. The van der Waals surface area contributed by atoms with Crippen LogP contribution < -0.4 is 4.90 Å². The number of fused-ring (bicyclic) bond motifs is 3. The van der Waals surface area contributed by atoms with Crippen LogP contribution in [0.1, 0.15) is 49.8 Å². The van der Waals surface area contributed by atoms with Gasteiger partial charge in [0.25, 0.3) is 0 Å². The summed E-state index contributed by atoms with van der Waals surface area (Å²) in [5.74, 6) is 0.436. The van der Waals surface area contributed by atoms with Gasteiger partial charge in [-0.2, -0.15) is 10.5 Å². The fraction of sp³-hybridized carbons (Fsp3) is 0.200. The zero-order valence-electron chi connectivity index (χ0n) is 21.8. The second-order valence-corrected chi connectivity index (χ2v) is 11.0. The SMILES string of the molecule is CC1(C)CC(=C(C#N)C#N)C=C2C=C(c3ccc(N4c5ccccc5C=Cc5ccccc54)cc3)CCC21. The minimum absolute atomic E-state index is 0.0197. The molecule has 1 unspecified atom stereocenters. The van der Waals surface area contributed by atoms with Crippen LogP contribution in [0.3, 0.4) is 0 Å². The number of hydrogen-bond donors (Lipinski definition) is 0. The molecule has 3 aromatic carbocycles. The lowest BCUT2D eigenvalue weighted by Crippen LogP contribution is -2.31. The van der Waals surface area contributed by atoms with Gasteiger partial charge in [0.15, 0.2) is 0 Å². The average molecular weight is 492 g/mol. The van der Waals surface area contributed by atoms with Gasteiger partial charge in [-0.05, 0) is 88.3 Å². The summed E-state index contributed by atoms with van der Waals surface area (Å²) in [6, 6.07) is 30.1. The first-order valence-electron chi connectivity index (χ1n) is 13.2. The predicted molar refractivity (Wildman–Crippen MR) is 155 cm³/mol. The van der Waals surface area contributed by atoms with Crippen molar-refractivity contribution in [3.8, 4) is 12.1 Å². The highest BCUT2D eigenvalue weighted by Gasteiger charge is 2.38. The molecule has 1 heterocycles. The Morgan fingerprint density at radius 2 is 1.42 bits per heavy atom. The fourth-order valence-corrected chi connectivity index (χ4v) is 6.32. The third kappa shape index (κ3) is 4.07. The highest BCUT2D eigenvalue weighted by atomic mass is 15.1. The van der Waals surface area contributed by atoms with Crippen molar-refractivity contribution in [3.63, 3.8) is 0 Å². The van der Waals surface area contributed by atoms with E-state index in [0.29, 0.717) is 5.92 Å². The van der Waals surface area contributed by atoms with Gasteiger partial charge in [-0.15, -0.1) is 0 Å². The van der Waals surface area contributed by atoms with Crippen molar-refractivity contribution in [1.29, 1.82) is 10.5 Å². The zero-order valence-corrected chi connectivity index (χ0v) is 21.8. The highest BCUT2D eigenvalue weighted by Crippen LogP contribution is 2.50. The van der Waals surface area contributed by atoms with Crippen molar-refractivity contribution >= 4 is 34.8 Å². The van der Waals surface area contributed by atoms with E-state index >= 15 is 0 Å². The molecule has 0 saturated heterocycles. The Balaban J connectivity index is 1.39. The van der Waals surface area contributed by atoms with Crippen molar-refractivity contribution in [2.45, 2.75) is 33.1 Å². The Labute approximate surface area is 225 Å². The molecule has 0 N–H and O–H groups in total. The van der Waals surface area contributed by atoms with E-state index in [4.69, 9.17) is 0 Å². The lowest BCUT2D eigenvalue weighted by Gasteiger charge is -2.42. The molecule has 0 saturated carbocycles. The number of hydrogen-bond acceptors (Lipinski definition) is 3. The quantitative estimate of drug-likeness (QED) is 0.263. The first-order chi connectivity index (χ1) is 18.5. The van der Waals surface area contributed by atoms with E-state index in [9.17, 15) is 10.5 Å². The zero-order chi connectivity index (χ0) is 26.3. The van der Waals surface area contributed by atoms with Gasteiger partial charge in [0.05, 0.1) is 11.4 Å². The maximum absolute atomic E-state index is 9.47. The van der Waals surface area contributed by atoms with E-state index in [-0.39, 0.29) is 11.0 Å². The summed E-state index contributed by atoms with van der Waals surface area (Å²) in [7, 11) is 0. The molecule has 3 heteroatoms. The lowest BCUT2D eigenvalue weighted by atomic mass is 9.62. The number of rotatable bonds is 2. The van der Waals surface area contributed by atoms with E-state index < -0.39 is 0 Å². The average Bonchev–Trinajstić information content (AvgIpc) is 3.10. The molecule has 184 valence electrons. The normalized spacial score (nSPS) is 19.0. The fourth-order valence-electron chi connectivity index (χ4n) is 6.32. The number of anilines is 3. The van der Waals surface area contributed by atoms with Gasteiger partial charge >= 0.3 is 0 Å². The molecule has 3 aromatic rings.